The van der Waals surface area contributed by atoms with Crippen LogP contribution in [-0.4, -0.2) is 34.3 Å². The average molecular weight is 302 g/mol. The molecule has 0 bridgehead atoms. The van der Waals surface area contributed by atoms with E-state index in [1.165, 1.54) is 13.2 Å². The van der Waals surface area contributed by atoms with Crippen molar-refractivity contribution < 1.29 is 29.6 Å². The summed E-state index contributed by atoms with van der Waals surface area (Å²) in [5, 5.41) is 29.6. The number of carbonyl (C=O) groups is 1. The van der Waals surface area contributed by atoms with Crippen LogP contribution in [0.4, 0.5) is 0 Å². The Morgan fingerprint density at radius 1 is 1.18 bits per heavy atom. The SMILES string of the molecule is COc1c(O)cc(CC2Oc3ccccc3C2=O)c(O)c1O. The van der Waals surface area contributed by atoms with Crippen molar-refractivity contribution in [2.45, 2.75) is 12.5 Å². The molecule has 22 heavy (non-hydrogen) atoms. The van der Waals surface area contributed by atoms with E-state index >= 15 is 0 Å². The molecule has 0 amide bonds. The highest BCUT2D eigenvalue weighted by molar-refractivity contribution is 6.04. The Morgan fingerprint density at radius 2 is 1.91 bits per heavy atom. The van der Waals surface area contributed by atoms with E-state index in [-0.39, 0.29) is 29.3 Å². The first-order valence-corrected chi connectivity index (χ1v) is 6.63. The molecule has 0 saturated heterocycles. The number of Topliss-reactive ketones (excluding diaryl/α,β-unsaturated/α-hetero) is 1. The molecule has 1 atom stereocenters. The lowest BCUT2D eigenvalue weighted by Gasteiger charge is -2.14. The molecule has 0 aliphatic carbocycles. The highest BCUT2D eigenvalue weighted by Gasteiger charge is 2.33. The van der Waals surface area contributed by atoms with E-state index in [9.17, 15) is 20.1 Å². The molecule has 6 nitrogen and oxygen atoms in total. The van der Waals surface area contributed by atoms with Gasteiger partial charge in [0.25, 0.3) is 0 Å². The summed E-state index contributed by atoms with van der Waals surface area (Å²) in [6, 6.07) is 8.10. The van der Waals surface area contributed by atoms with Gasteiger partial charge in [-0.1, -0.05) is 12.1 Å². The van der Waals surface area contributed by atoms with Gasteiger partial charge in [0.15, 0.2) is 17.6 Å². The summed E-state index contributed by atoms with van der Waals surface area (Å²) in [5.41, 5.74) is 0.677. The van der Waals surface area contributed by atoms with Gasteiger partial charge in [0.05, 0.1) is 12.7 Å². The summed E-state index contributed by atoms with van der Waals surface area (Å²) >= 11 is 0. The molecule has 1 aliphatic heterocycles. The van der Waals surface area contributed by atoms with Crippen molar-refractivity contribution in [1.29, 1.82) is 0 Å². The van der Waals surface area contributed by atoms with Gasteiger partial charge in [-0.05, 0) is 18.2 Å². The molecule has 3 rings (SSSR count). The maximum Gasteiger partial charge on any atom is 0.207 e. The van der Waals surface area contributed by atoms with Gasteiger partial charge in [-0.15, -0.1) is 0 Å². The second kappa shape index (κ2) is 5.14. The molecule has 0 saturated carbocycles. The van der Waals surface area contributed by atoms with Crippen molar-refractivity contribution in [2.24, 2.45) is 0 Å². The Hall–Kier alpha value is -2.89. The van der Waals surface area contributed by atoms with Gasteiger partial charge in [0.2, 0.25) is 17.3 Å². The fraction of sp³-hybridized carbons (Fsp3) is 0.188. The van der Waals surface area contributed by atoms with Crippen LogP contribution in [0, 0.1) is 0 Å². The molecule has 1 unspecified atom stereocenters. The molecule has 0 spiro atoms. The topological polar surface area (TPSA) is 96.2 Å². The number of benzene rings is 2. The van der Waals surface area contributed by atoms with E-state index in [1.807, 2.05) is 0 Å². The molecule has 0 radical (unpaired) electrons. The predicted octanol–water partition coefficient (Wildman–Crippen LogP) is 2.00. The first-order chi connectivity index (χ1) is 10.5. The van der Waals surface area contributed by atoms with Crippen LogP contribution in [0.2, 0.25) is 0 Å². The number of aromatic hydroxyl groups is 3. The predicted molar refractivity (Wildman–Crippen MR) is 76.9 cm³/mol. The summed E-state index contributed by atoms with van der Waals surface area (Å²) in [5.74, 6) is -1.27. The quantitative estimate of drug-likeness (QED) is 0.593. The molecule has 2 aromatic rings. The fourth-order valence-corrected chi connectivity index (χ4v) is 2.52. The van der Waals surface area contributed by atoms with Crippen LogP contribution in [0.1, 0.15) is 15.9 Å². The summed E-state index contributed by atoms with van der Waals surface area (Å²) in [7, 11) is 1.26. The minimum Gasteiger partial charge on any atom is -0.504 e. The minimum absolute atomic E-state index is 0.0183. The standard InChI is InChI=1S/C16H14O6/c1-21-16-10(17)6-8(13(18)15(16)20)7-12-14(19)9-4-2-3-5-11(9)22-12/h2-6,12,17-18,20H,7H2,1H3. The Kier molecular flexibility index (Phi) is 3.29. The third-order valence-corrected chi connectivity index (χ3v) is 3.61. The van der Waals surface area contributed by atoms with E-state index in [0.717, 1.165) is 0 Å². The molecule has 0 fully saturated rings. The zero-order valence-electron chi connectivity index (χ0n) is 11.7. The fourth-order valence-electron chi connectivity index (χ4n) is 2.52. The lowest BCUT2D eigenvalue weighted by Crippen LogP contribution is -2.23. The highest BCUT2D eigenvalue weighted by Crippen LogP contribution is 2.45. The number of hydrogen-bond acceptors (Lipinski definition) is 6. The molecule has 3 N–H and O–H groups in total. The maximum atomic E-state index is 12.2. The number of phenolic OH excluding ortho intramolecular Hbond substituents is 3. The number of hydrogen-bond donors (Lipinski definition) is 3. The number of phenols is 3. The lowest BCUT2D eigenvalue weighted by atomic mass is 10.0. The summed E-state index contributed by atoms with van der Waals surface area (Å²) in [6.07, 6.45) is -0.791. The Morgan fingerprint density at radius 3 is 2.59 bits per heavy atom. The van der Waals surface area contributed by atoms with Gasteiger partial charge in [0.1, 0.15) is 5.75 Å². The van der Waals surface area contributed by atoms with E-state index in [1.54, 1.807) is 24.3 Å². The van der Waals surface area contributed by atoms with Gasteiger partial charge >= 0.3 is 0 Å². The third kappa shape index (κ3) is 2.09. The van der Waals surface area contributed by atoms with Gasteiger partial charge in [-0.3, -0.25) is 4.79 Å². The van der Waals surface area contributed by atoms with E-state index in [0.29, 0.717) is 11.3 Å². The first kappa shape index (κ1) is 14.1. The van der Waals surface area contributed by atoms with Gasteiger partial charge in [-0.25, -0.2) is 0 Å². The van der Waals surface area contributed by atoms with Gasteiger partial charge in [0, 0.05) is 12.0 Å². The second-order valence-electron chi connectivity index (χ2n) is 4.96. The van der Waals surface area contributed by atoms with E-state index < -0.39 is 17.6 Å². The summed E-state index contributed by atoms with van der Waals surface area (Å²) in [6.45, 7) is 0. The number of ketones is 1. The molecule has 6 heteroatoms. The van der Waals surface area contributed by atoms with Crippen LogP contribution >= 0.6 is 0 Å². The van der Waals surface area contributed by atoms with Crippen LogP contribution in [0.25, 0.3) is 0 Å². The Balaban J connectivity index is 1.91. The van der Waals surface area contributed by atoms with Crippen LogP contribution in [0.5, 0.6) is 28.7 Å². The van der Waals surface area contributed by atoms with Crippen LogP contribution in [0.15, 0.2) is 30.3 Å². The number of para-hydroxylation sites is 1. The number of carbonyl (C=O) groups excluding carboxylic acids is 1. The summed E-state index contributed by atoms with van der Waals surface area (Å²) < 4.78 is 10.4. The molecule has 0 aromatic heterocycles. The van der Waals surface area contributed by atoms with Crippen molar-refractivity contribution in [3.63, 3.8) is 0 Å². The van der Waals surface area contributed by atoms with Crippen molar-refractivity contribution in [3.8, 4) is 28.7 Å². The second-order valence-corrected chi connectivity index (χ2v) is 4.96. The van der Waals surface area contributed by atoms with Crippen molar-refractivity contribution in [2.75, 3.05) is 7.11 Å². The highest BCUT2D eigenvalue weighted by atomic mass is 16.5. The normalized spacial score (nSPS) is 16.2. The summed E-state index contributed by atoms with van der Waals surface area (Å²) in [4.78, 5) is 12.2. The molecular formula is C16H14O6. The number of ether oxygens (including phenoxy) is 2. The Labute approximate surface area is 126 Å². The monoisotopic (exact) mass is 302 g/mol. The molecule has 1 aliphatic rings. The zero-order chi connectivity index (χ0) is 15.9. The number of rotatable bonds is 3. The molecule has 1 heterocycles. The van der Waals surface area contributed by atoms with Gasteiger partial charge < -0.3 is 24.8 Å². The van der Waals surface area contributed by atoms with E-state index in [2.05, 4.69) is 0 Å². The largest absolute Gasteiger partial charge is 0.504 e. The maximum absolute atomic E-state index is 12.2. The van der Waals surface area contributed by atoms with Crippen LogP contribution < -0.4 is 9.47 Å². The van der Waals surface area contributed by atoms with Crippen LogP contribution in [-0.2, 0) is 6.42 Å². The van der Waals surface area contributed by atoms with Gasteiger partial charge in [-0.2, -0.15) is 0 Å². The van der Waals surface area contributed by atoms with Crippen LogP contribution in [0.3, 0.4) is 0 Å². The third-order valence-electron chi connectivity index (χ3n) is 3.61. The Bertz CT molecular complexity index is 753. The molecular weight excluding hydrogens is 288 g/mol. The van der Waals surface area contributed by atoms with Crippen molar-refractivity contribution >= 4 is 5.78 Å². The minimum atomic E-state index is -0.810. The number of fused-ring (bicyclic) bond motifs is 1. The first-order valence-electron chi connectivity index (χ1n) is 6.63. The van der Waals surface area contributed by atoms with Crippen molar-refractivity contribution in [1.82, 2.24) is 0 Å². The zero-order valence-corrected chi connectivity index (χ0v) is 11.7. The average Bonchev–Trinajstić information content (AvgIpc) is 2.82. The van der Waals surface area contributed by atoms with Crippen molar-refractivity contribution in [3.05, 3.63) is 41.5 Å². The molecule has 2 aromatic carbocycles. The van der Waals surface area contributed by atoms with E-state index in [4.69, 9.17) is 9.47 Å². The number of methoxy groups -OCH3 is 1. The smallest absolute Gasteiger partial charge is 0.207 e. The lowest BCUT2D eigenvalue weighted by molar-refractivity contribution is 0.0857. The molecule has 114 valence electrons.